The Kier molecular flexibility index (Phi) is 5.59. The Labute approximate surface area is 153 Å². The van der Waals surface area contributed by atoms with E-state index in [1.807, 2.05) is 56.3 Å². The molecule has 2 heterocycles. The van der Waals surface area contributed by atoms with Gasteiger partial charge in [-0.15, -0.1) is 0 Å². The SMILES string of the molecule is CC(C)Oc1ccc(C(=O)NC(c2ccccc2)c2ccncc2)cn1. The van der Waals surface area contributed by atoms with E-state index in [1.54, 1.807) is 24.5 Å². The Morgan fingerprint density at radius 2 is 1.65 bits per heavy atom. The number of nitrogens with zero attached hydrogens (tertiary/aromatic N) is 2. The molecule has 132 valence electrons. The summed E-state index contributed by atoms with van der Waals surface area (Å²) in [5, 5.41) is 3.08. The van der Waals surface area contributed by atoms with Crippen LogP contribution in [0, 0.1) is 0 Å². The molecule has 2 aromatic heterocycles. The molecule has 0 aliphatic rings. The van der Waals surface area contributed by atoms with Crippen LogP contribution in [-0.2, 0) is 0 Å². The van der Waals surface area contributed by atoms with Gasteiger partial charge >= 0.3 is 0 Å². The molecular formula is C21H21N3O2. The average molecular weight is 347 g/mol. The Morgan fingerprint density at radius 3 is 2.27 bits per heavy atom. The molecule has 0 saturated carbocycles. The summed E-state index contributed by atoms with van der Waals surface area (Å²) in [6, 6.07) is 16.8. The van der Waals surface area contributed by atoms with E-state index in [9.17, 15) is 4.79 Å². The van der Waals surface area contributed by atoms with Crippen molar-refractivity contribution in [1.29, 1.82) is 0 Å². The number of carbonyl (C=O) groups is 1. The fraction of sp³-hybridized carbons (Fsp3) is 0.190. The van der Waals surface area contributed by atoms with Gasteiger partial charge in [-0.25, -0.2) is 4.98 Å². The summed E-state index contributed by atoms with van der Waals surface area (Å²) in [5.74, 6) is 0.310. The molecule has 3 aromatic rings. The van der Waals surface area contributed by atoms with Gasteiger partial charge in [0.25, 0.3) is 5.91 Å². The van der Waals surface area contributed by atoms with Crippen molar-refractivity contribution in [3.63, 3.8) is 0 Å². The summed E-state index contributed by atoms with van der Waals surface area (Å²) >= 11 is 0. The van der Waals surface area contributed by atoms with Crippen molar-refractivity contribution in [2.45, 2.75) is 26.0 Å². The summed E-state index contributed by atoms with van der Waals surface area (Å²) in [6.07, 6.45) is 5.01. The van der Waals surface area contributed by atoms with Gasteiger partial charge in [0.2, 0.25) is 5.88 Å². The minimum atomic E-state index is -0.265. The lowest BCUT2D eigenvalue weighted by Crippen LogP contribution is -2.29. The quantitative estimate of drug-likeness (QED) is 0.737. The van der Waals surface area contributed by atoms with Crippen LogP contribution in [0.15, 0.2) is 73.2 Å². The Balaban J connectivity index is 1.81. The van der Waals surface area contributed by atoms with E-state index in [4.69, 9.17) is 4.74 Å². The predicted molar refractivity (Wildman–Crippen MR) is 100.0 cm³/mol. The number of hydrogen-bond donors (Lipinski definition) is 1. The molecule has 0 fully saturated rings. The van der Waals surface area contributed by atoms with Gasteiger partial charge in [-0.05, 0) is 43.2 Å². The molecule has 5 heteroatoms. The zero-order valence-electron chi connectivity index (χ0n) is 14.8. The monoisotopic (exact) mass is 347 g/mol. The summed E-state index contributed by atoms with van der Waals surface area (Å²) in [4.78, 5) is 21.0. The van der Waals surface area contributed by atoms with Gasteiger partial charge in [-0.1, -0.05) is 30.3 Å². The summed E-state index contributed by atoms with van der Waals surface area (Å²) < 4.78 is 5.52. The van der Waals surface area contributed by atoms with Crippen LogP contribution in [-0.4, -0.2) is 22.0 Å². The molecule has 0 spiro atoms. The number of carbonyl (C=O) groups excluding carboxylic acids is 1. The van der Waals surface area contributed by atoms with E-state index < -0.39 is 0 Å². The van der Waals surface area contributed by atoms with Crippen molar-refractivity contribution in [2.24, 2.45) is 0 Å². The Bertz CT molecular complexity index is 795. The predicted octanol–water partition coefficient (Wildman–Crippen LogP) is 3.78. The maximum Gasteiger partial charge on any atom is 0.253 e. The van der Waals surface area contributed by atoms with Crippen LogP contribution >= 0.6 is 0 Å². The first-order valence-corrected chi connectivity index (χ1v) is 8.52. The van der Waals surface area contributed by atoms with Crippen molar-refractivity contribution >= 4 is 5.91 Å². The van der Waals surface area contributed by atoms with Crippen LogP contribution in [0.2, 0.25) is 0 Å². The van der Waals surface area contributed by atoms with Crippen LogP contribution in [0.25, 0.3) is 0 Å². The lowest BCUT2D eigenvalue weighted by Gasteiger charge is -2.20. The first-order valence-electron chi connectivity index (χ1n) is 8.52. The normalized spacial score (nSPS) is 11.8. The number of aromatic nitrogens is 2. The van der Waals surface area contributed by atoms with Gasteiger partial charge in [-0.3, -0.25) is 9.78 Å². The highest BCUT2D eigenvalue weighted by atomic mass is 16.5. The van der Waals surface area contributed by atoms with E-state index in [0.717, 1.165) is 11.1 Å². The fourth-order valence-corrected chi connectivity index (χ4v) is 2.60. The van der Waals surface area contributed by atoms with Crippen LogP contribution in [0.3, 0.4) is 0 Å². The van der Waals surface area contributed by atoms with Crippen molar-refractivity contribution in [2.75, 3.05) is 0 Å². The van der Waals surface area contributed by atoms with E-state index in [0.29, 0.717) is 11.4 Å². The fourth-order valence-electron chi connectivity index (χ4n) is 2.60. The van der Waals surface area contributed by atoms with E-state index in [2.05, 4.69) is 15.3 Å². The van der Waals surface area contributed by atoms with Gasteiger partial charge < -0.3 is 10.1 Å². The summed E-state index contributed by atoms with van der Waals surface area (Å²) in [5.41, 5.74) is 2.45. The maximum atomic E-state index is 12.7. The number of pyridine rings is 2. The highest BCUT2D eigenvalue weighted by Crippen LogP contribution is 2.22. The molecule has 26 heavy (non-hydrogen) atoms. The summed E-state index contributed by atoms with van der Waals surface area (Å²) in [6.45, 7) is 3.86. The highest BCUT2D eigenvalue weighted by molar-refractivity contribution is 5.94. The van der Waals surface area contributed by atoms with Crippen LogP contribution in [0.5, 0.6) is 5.88 Å². The largest absolute Gasteiger partial charge is 0.475 e. The maximum absolute atomic E-state index is 12.7. The second-order valence-electron chi connectivity index (χ2n) is 6.15. The smallest absolute Gasteiger partial charge is 0.253 e. The zero-order valence-corrected chi connectivity index (χ0v) is 14.8. The molecule has 0 radical (unpaired) electrons. The number of benzene rings is 1. The third kappa shape index (κ3) is 4.45. The van der Waals surface area contributed by atoms with Gasteiger partial charge in [0.15, 0.2) is 0 Å². The van der Waals surface area contributed by atoms with Crippen molar-refractivity contribution in [3.8, 4) is 5.88 Å². The van der Waals surface area contributed by atoms with Gasteiger partial charge in [0, 0.05) is 24.7 Å². The molecule has 5 nitrogen and oxygen atoms in total. The minimum absolute atomic E-state index is 0.0383. The summed E-state index contributed by atoms with van der Waals surface area (Å²) in [7, 11) is 0. The van der Waals surface area contributed by atoms with E-state index in [-0.39, 0.29) is 18.1 Å². The first kappa shape index (κ1) is 17.6. The molecule has 0 aliphatic carbocycles. The standard InChI is InChI=1S/C21H21N3O2/c1-15(2)26-19-9-8-18(14-23-19)21(25)24-20(16-6-4-3-5-7-16)17-10-12-22-13-11-17/h3-15,20H,1-2H3,(H,24,25). The van der Waals surface area contributed by atoms with Gasteiger partial charge in [0.1, 0.15) is 0 Å². The molecule has 0 aliphatic heterocycles. The number of hydrogen-bond acceptors (Lipinski definition) is 4. The molecule has 0 bridgehead atoms. The number of nitrogens with one attached hydrogen (secondary N) is 1. The molecule has 1 N–H and O–H groups in total. The molecular weight excluding hydrogens is 326 g/mol. The van der Waals surface area contributed by atoms with Gasteiger partial charge in [-0.2, -0.15) is 0 Å². The van der Waals surface area contributed by atoms with Crippen LogP contribution in [0.4, 0.5) is 0 Å². The second kappa shape index (κ2) is 8.25. The second-order valence-corrected chi connectivity index (χ2v) is 6.15. The Morgan fingerprint density at radius 1 is 0.962 bits per heavy atom. The van der Waals surface area contributed by atoms with Crippen molar-refractivity contribution in [3.05, 3.63) is 89.9 Å². The lowest BCUT2D eigenvalue weighted by molar-refractivity contribution is 0.0942. The number of ether oxygens (including phenoxy) is 1. The third-order valence-corrected chi connectivity index (χ3v) is 3.80. The van der Waals surface area contributed by atoms with Crippen molar-refractivity contribution < 1.29 is 9.53 Å². The molecule has 1 aromatic carbocycles. The van der Waals surface area contributed by atoms with Gasteiger partial charge in [0.05, 0.1) is 17.7 Å². The highest BCUT2D eigenvalue weighted by Gasteiger charge is 2.18. The Hall–Kier alpha value is -3.21. The molecule has 1 atom stereocenters. The topological polar surface area (TPSA) is 64.1 Å². The first-order chi connectivity index (χ1) is 12.6. The molecule has 3 rings (SSSR count). The minimum Gasteiger partial charge on any atom is -0.475 e. The van der Waals surface area contributed by atoms with Crippen LogP contribution < -0.4 is 10.1 Å². The van der Waals surface area contributed by atoms with Crippen LogP contribution in [0.1, 0.15) is 41.4 Å². The third-order valence-electron chi connectivity index (χ3n) is 3.80. The molecule has 0 saturated heterocycles. The van der Waals surface area contributed by atoms with E-state index >= 15 is 0 Å². The molecule has 1 unspecified atom stereocenters. The number of rotatable bonds is 6. The molecule has 1 amide bonds. The van der Waals surface area contributed by atoms with Crippen molar-refractivity contribution in [1.82, 2.24) is 15.3 Å². The lowest BCUT2D eigenvalue weighted by atomic mass is 9.99. The average Bonchev–Trinajstić information content (AvgIpc) is 2.67. The van der Waals surface area contributed by atoms with E-state index in [1.165, 1.54) is 6.20 Å². The zero-order chi connectivity index (χ0) is 18.4. The number of amides is 1.